The van der Waals surface area contributed by atoms with Crippen LogP contribution >= 0.6 is 11.6 Å². The van der Waals surface area contributed by atoms with E-state index in [1.54, 1.807) is 25.3 Å². The number of aliphatic hydroxyl groups is 1. The quantitative estimate of drug-likeness (QED) is 0.904. The van der Waals surface area contributed by atoms with Crippen LogP contribution in [0, 0.1) is 0 Å². The Hall–Kier alpha value is -0.770. The van der Waals surface area contributed by atoms with Gasteiger partial charge < -0.3 is 14.6 Å². The average Bonchev–Trinajstić information content (AvgIpc) is 2.31. The Bertz CT molecular complexity index is 408. The van der Waals surface area contributed by atoms with Gasteiger partial charge in [-0.2, -0.15) is 0 Å². The number of benzene rings is 1. The molecule has 1 heterocycles. The summed E-state index contributed by atoms with van der Waals surface area (Å²) in [7, 11) is 1.64. The molecule has 0 spiro atoms. The average molecular weight is 257 g/mol. The molecule has 1 unspecified atom stereocenters. The Balaban J connectivity index is 2.35. The normalized spacial score (nSPS) is 27.4. The molecule has 2 rings (SSSR count). The number of rotatable bonds is 3. The van der Waals surface area contributed by atoms with E-state index in [0.717, 1.165) is 12.0 Å². The molecule has 0 saturated heterocycles. The predicted octanol–water partition coefficient (Wildman–Crippen LogP) is 2.95. The van der Waals surface area contributed by atoms with E-state index < -0.39 is 11.7 Å². The summed E-state index contributed by atoms with van der Waals surface area (Å²) in [6.45, 7) is 2.51. The van der Waals surface area contributed by atoms with Crippen molar-refractivity contribution in [1.82, 2.24) is 0 Å². The minimum Gasteiger partial charge on any atom is -0.484 e. The van der Waals surface area contributed by atoms with Crippen LogP contribution in [0.3, 0.4) is 0 Å². The van der Waals surface area contributed by atoms with Crippen LogP contribution in [0.4, 0.5) is 0 Å². The first kappa shape index (κ1) is 12.7. The third-order valence-electron chi connectivity index (χ3n) is 3.27. The Kier molecular flexibility index (Phi) is 3.61. The molecule has 0 aliphatic carbocycles. The van der Waals surface area contributed by atoms with Gasteiger partial charge in [-0.25, -0.2) is 0 Å². The van der Waals surface area contributed by atoms with Crippen molar-refractivity contribution in [3.8, 4) is 5.75 Å². The fourth-order valence-electron chi connectivity index (χ4n) is 2.28. The monoisotopic (exact) mass is 256 g/mol. The van der Waals surface area contributed by atoms with Crippen LogP contribution in [-0.4, -0.2) is 24.4 Å². The lowest BCUT2D eigenvalue weighted by Gasteiger charge is -2.39. The van der Waals surface area contributed by atoms with E-state index in [-0.39, 0.29) is 0 Å². The molecule has 3 nitrogen and oxygen atoms in total. The van der Waals surface area contributed by atoms with Crippen LogP contribution in [0.25, 0.3) is 0 Å². The van der Waals surface area contributed by atoms with Crippen molar-refractivity contribution in [2.75, 3.05) is 13.7 Å². The zero-order chi connectivity index (χ0) is 12.5. The SMILES string of the molecule is CCC1(COC)C[C@@H](O)c2cc(Cl)ccc2O1. The van der Waals surface area contributed by atoms with Gasteiger partial charge in [0.25, 0.3) is 0 Å². The lowest BCUT2D eigenvalue weighted by atomic mass is 9.87. The Morgan fingerprint density at radius 3 is 3.00 bits per heavy atom. The lowest BCUT2D eigenvalue weighted by molar-refractivity contribution is -0.0626. The molecule has 0 amide bonds. The van der Waals surface area contributed by atoms with Crippen molar-refractivity contribution in [3.63, 3.8) is 0 Å². The highest BCUT2D eigenvalue weighted by atomic mass is 35.5. The van der Waals surface area contributed by atoms with Crippen molar-refractivity contribution in [2.45, 2.75) is 31.5 Å². The van der Waals surface area contributed by atoms with Gasteiger partial charge in [-0.3, -0.25) is 0 Å². The zero-order valence-corrected chi connectivity index (χ0v) is 10.8. The highest BCUT2D eigenvalue weighted by Gasteiger charge is 2.39. The molecule has 0 bridgehead atoms. The number of halogens is 1. The summed E-state index contributed by atoms with van der Waals surface area (Å²) in [5.41, 5.74) is 0.326. The molecular weight excluding hydrogens is 240 g/mol. The van der Waals surface area contributed by atoms with Gasteiger partial charge in [-0.15, -0.1) is 0 Å². The molecule has 1 aromatic carbocycles. The summed E-state index contributed by atoms with van der Waals surface area (Å²) in [6, 6.07) is 5.33. The smallest absolute Gasteiger partial charge is 0.135 e. The van der Waals surface area contributed by atoms with Crippen LogP contribution in [-0.2, 0) is 4.74 Å². The van der Waals surface area contributed by atoms with E-state index in [2.05, 4.69) is 0 Å². The number of ether oxygens (including phenoxy) is 2. The van der Waals surface area contributed by atoms with Gasteiger partial charge in [0.1, 0.15) is 11.4 Å². The molecule has 1 aliphatic rings. The largest absolute Gasteiger partial charge is 0.484 e. The Labute approximate surface area is 106 Å². The van der Waals surface area contributed by atoms with Gasteiger partial charge in [-0.1, -0.05) is 18.5 Å². The maximum absolute atomic E-state index is 10.2. The van der Waals surface area contributed by atoms with Crippen LogP contribution in [0.1, 0.15) is 31.4 Å². The first-order chi connectivity index (χ1) is 8.10. The van der Waals surface area contributed by atoms with Gasteiger partial charge in [-0.05, 0) is 24.6 Å². The van der Waals surface area contributed by atoms with Gasteiger partial charge in [0.2, 0.25) is 0 Å². The van der Waals surface area contributed by atoms with Crippen molar-refractivity contribution in [2.24, 2.45) is 0 Å². The first-order valence-corrected chi connectivity index (χ1v) is 6.13. The number of fused-ring (bicyclic) bond motifs is 1. The van der Waals surface area contributed by atoms with Crippen LogP contribution < -0.4 is 4.74 Å². The minimum atomic E-state index is -0.549. The summed E-state index contributed by atoms with van der Waals surface area (Å²) in [4.78, 5) is 0. The third kappa shape index (κ3) is 2.41. The summed E-state index contributed by atoms with van der Waals surface area (Å²) in [5, 5.41) is 10.8. The highest BCUT2D eigenvalue weighted by Crippen LogP contribution is 2.42. The molecule has 1 aliphatic heterocycles. The van der Waals surface area contributed by atoms with Crippen LogP contribution in [0.15, 0.2) is 18.2 Å². The second-order valence-electron chi connectivity index (χ2n) is 4.47. The van der Waals surface area contributed by atoms with E-state index in [1.807, 2.05) is 6.92 Å². The molecule has 1 aromatic rings. The molecule has 0 aromatic heterocycles. The van der Waals surface area contributed by atoms with E-state index in [9.17, 15) is 5.11 Å². The lowest BCUT2D eigenvalue weighted by Crippen LogP contribution is -2.44. The maximum atomic E-state index is 10.2. The molecule has 4 heteroatoms. The molecule has 94 valence electrons. The van der Waals surface area contributed by atoms with Crippen molar-refractivity contribution in [1.29, 1.82) is 0 Å². The number of hydrogen-bond donors (Lipinski definition) is 1. The van der Waals surface area contributed by atoms with Crippen molar-refractivity contribution >= 4 is 11.6 Å². The second-order valence-corrected chi connectivity index (χ2v) is 4.91. The summed E-state index contributed by atoms with van der Waals surface area (Å²) in [6.07, 6.45) is 0.775. The number of methoxy groups -OCH3 is 1. The van der Waals surface area contributed by atoms with Crippen molar-refractivity contribution in [3.05, 3.63) is 28.8 Å². The molecule has 0 fully saturated rings. The van der Waals surface area contributed by atoms with Gasteiger partial charge >= 0.3 is 0 Å². The van der Waals surface area contributed by atoms with Crippen LogP contribution in [0.5, 0.6) is 5.75 Å². The molecule has 17 heavy (non-hydrogen) atoms. The fourth-order valence-corrected chi connectivity index (χ4v) is 2.46. The molecule has 0 radical (unpaired) electrons. The van der Waals surface area contributed by atoms with Gasteiger partial charge in [0.05, 0.1) is 12.7 Å². The predicted molar refractivity (Wildman–Crippen MR) is 66.6 cm³/mol. The molecule has 0 saturated carbocycles. The number of hydrogen-bond acceptors (Lipinski definition) is 3. The summed E-state index contributed by atoms with van der Waals surface area (Å²) in [5.74, 6) is 0.701. The van der Waals surface area contributed by atoms with Gasteiger partial charge in [0.15, 0.2) is 0 Å². The van der Waals surface area contributed by atoms with E-state index in [4.69, 9.17) is 21.1 Å². The van der Waals surface area contributed by atoms with E-state index in [0.29, 0.717) is 23.8 Å². The van der Waals surface area contributed by atoms with Gasteiger partial charge in [0, 0.05) is 24.1 Å². The van der Waals surface area contributed by atoms with Crippen molar-refractivity contribution < 1.29 is 14.6 Å². The Morgan fingerprint density at radius 1 is 1.59 bits per heavy atom. The topological polar surface area (TPSA) is 38.7 Å². The summed E-state index contributed by atoms with van der Waals surface area (Å²) < 4.78 is 11.2. The minimum absolute atomic E-state index is 0.436. The molecule has 1 N–H and O–H groups in total. The third-order valence-corrected chi connectivity index (χ3v) is 3.51. The summed E-state index contributed by atoms with van der Waals surface area (Å²) >= 11 is 5.92. The zero-order valence-electron chi connectivity index (χ0n) is 10.1. The number of aliphatic hydroxyl groups excluding tert-OH is 1. The second kappa shape index (κ2) is 4.84. The fraction of sp³-hybridized carbons (Fsp3) is 0.538. The van der Waals surface area contributed by atoms with E-state index in [1.165, 1.54) is 0 Å². The first-order valence-electron chi connectivity index (χ1n) is 5.76. The molecular formula is C13H17ClO3. The van der Waals surface area contributed by atoms with Crippen LogP contribution in [0.2, 0.25) is 5.02 Å². The van der Waals surface area contributed by atoms with E-state index >= 15 is 0 Å². The maximum Gasteiger partial charge on any atom is 0.135 e. The Morgan fingerprint density at radius 2 is 2.35 bits per heavy atom. The standard InChI is InChI=1S/C13H17ClO3/c1-3-13(8-16-2)7-11(15)10-6-9(14)4-5-12(10)17-13/h4-6,11,15H,3,7-8H2,1-2H3/t11-,13?/m1/s1. The molecule has 2 atom stereocenters. The highest BCUT2D eigenvalue weighted by molar-refractivity contribution is 6.30.